The molecule has 2 fully saturated rings. The lowest BCUT2D eigenvalue weighted by molar-refractivity contribution is -0.0590. The molecule has 2 heterocycles. The minimum absolute atomic E-state index is 0.0865. The fourth-order valence-corrected chi connectivity index (χ4v) is 2.08. The fourth-order valence-electron chi connectivity index (χ4n) is 2.08. The fraction of sp³-hybridized carbons (Fsp3) is 1.00. The van der Waals surface area contributed by atoms with Crippen molar-refractivity contribution in [3.8, 4) is 0 Å². The maximum Gasteiger partial charge on any atom is 0.118 e. The normalized spacial score (nSPS) is 33.5. The molecule has 2 aliphatic rings. The third kappa shape index (κ3) is 2.40. The Morgan fingerprint density at radius 3 is 2.62 bits per heavy atom. The van der Waals surface area contributed by atoms with Crippen LogP contribution in [0.3, 0.4) is 0 Å². The average molecular weight is 186 g/mol. The van der Waals surface area contributed by atoms with E-state index in [1.54, 1.807) is 0 Å². The molecule has 0 radical (unpaired) electrons. The highest BCUT2D eigenvalue weighted by molar-refractivity contribution is 4.78. The molecule has 2 saturated heterocycles. The van der Waals surface area contributed by atoms with Gasteiger partial charge in [-0.15, -0.1) is 0 Å². The van der Waals surface area contributed by atoms with E-state index in [1.165, 1.54) is 0 Å². The molecule has 2 aliphatic heterocycles. The third-order valence-corrected chi connectivity index (χ3v) is 2.83. The van der Waals surface area contributed by atoms with E-state index in [4.69, 9.17) is 15.2 Å². The van der Waals surface area contributed by atoms with Crippen molar-refractivity contribution in [1.29, 1.82) is 0 Å². The van der Waals surface area contributed by atoms with Gasteiger partial charge >= 0.3 is 0 Å². The summed E-state index contributed by atoms with van der Waals surface area (Å²) >= 11 is 0. The summed E-state index contributed by atoms with van der Waals surface area (Å²) in [6.45, 7) is 4.48. The van der Waals surface area contributed by atoms with Crippen LogP contribution in [0, 0.1) is 0 Å². The van der Waals surface area contributed by atoms with E-state index in [2.05, 4.69) is 4.90 Å². The van der Waals surface area contributed by atoms with E-state index >= 15 is 0 Å². The topological polar surface area (TPSA) is 47.7 Å². The molecule has 0 aromatic carbocycles. The molecule has 0 amide bonds. The van der Waals surface area contributed by atoms with Crippen LogP contribution in [0.5, 0.6) is 0 Å². The number of rotatable bonds is 1. The van der Waals surface area contributed by atoms with Crippen LogP contribution in [-0.4, -0.2) is 50.1 Å². The van der Waals surface area contributed by atoms with E-state index < -0.39 is 0 Å². The SMILES string of the molecule is NC1CN(C2CCOCC2)CCO1. The number of morpholine rings is 1. The number of hydrogen-bond donors (Lipinski definition) is 1. The molecule has 0 spiro atoms. The van der Waals surface area contributed by atoms with Crippen molar-refractivity contribution in [2.75, 3.05) is 32.9 Å². The van der Waals surface area contributed by atoms with Crippen molar-refractivity contribution in [2.24, 2.45) is 5.73 Å². The summed E-state index contributed by atoms with van der Waals surface area (Å²) in [5.74, 6) is 0. The third-order valence-electron chi connectivity index (χ3n) is 2.83. The van der Waals surface area contributed by atoms with Gasteiger partial charge in [0.25, 0.3) is 0 Å². The van der Waals surface area contributed by atoms with Crippen molar-refractivity contribution >= 4 is 0 Å². The summed E-state index contributed by atoms with van der Waals surface area (Å²) in [4.78, 5) is 2.44. The van der Waals surface area contributed by atoms with Gasteiger partial charge in [-0.3, -0.25) is 4.90 Å². The highest BCUT2D eigenvalue weighted by atomic mass is 16.5. The Morgan fingerprint density at radius 2 is 1.92 bits per heavy atom. The molecule has 4 nitrogen and oxygen atoms in total. The molecule has 2 N–H and O–H groups in total. The van der Waals surface area contributed by atoms with Gasteiger partial charge in [-0.2, -0.15) is 0 Å². The standard InChI is InChI=1S/C9H18N2O2/c10-9-7-11(3-6-13-9)8-1-4-12-5-2-8/h8-9H,1-7,10H2. The smallest absolute Gasteiger partial charge is 0.118 e. The van der Waals surface area contributed by atoms with E-state index in [0.29, 0.717) is 6.04 Å². The number of nitrogens with zero attached hydrogens (tertiary/aromatic N) is 1. The van der Waals surface area contributed by atoms with Gasteiger partial charge in [0.15, 0.2) is 0 Å². The minimum atomic E-state index is -0.0865. The Bertz CT molecular complexity index is 160. The van der Waals surface area contributed by atoms with Crippen LogP contribution < -0.4 is 5.73 Å². The average Bonchev–Trinajstić information content (AvgIpc) is 2.19. The van der Waals surface area contributed by atoms with Crippen LogP contribution in [-0.2, 0) is 9.47 Å². The molecule has 0 aromatic rings. The minimum Gasteiger partial charge on any atom is -0.381 e. The van der Waals surface area contributed by atoms with Crippen molar-refractivity contribution < 1.29 is 9.47 Å². The first kappa shape index (κ1) is 9.40. The summed E-state index contributed by atoms with van der Waals surface area (Å²) in [5, 5.41) is 0. The Hall–Kier alpha value is -0.160. The van der Waals surface area contributed by atoms with Gasteiger partial charge in [0.1, 0.15) is 6.23 Å². The Kier molecular flexibility index (Phi) is 3.16. The predicted molar refractivity (Wildman–Crippen MR) is 49.3 cm³/mol. The maximum absolute atomic E-state index is 5.74. The van der Waals surface area contributed by atoms with Gasteiger partial charge in [0.2, 0.25) is 0 Å². The van der Waals surface area contributed by atoms with Crippen molar-refractivity contribution in [1.82, 2.24) is 4.90 Å². The van der Waals surface area contributed by atoms with Crippen LogP contribution in [0.15, 0.2) is 0 Å². The summed E-state index contributed by atoms with van der Waals surface area (Å²) in [7, 11) is 0. The molecule has 0 bridgehead atoms. The first-order chi connectivity index (χ1) is 6.36. The second-order valence-corrected chi connectivity index (χ2v) is 3.75. The summed E-state index contributed by atoms with van der Waals surface area (Å²) < 4.78 is 10.6. The lowest BCUT2D eigenvalue weighted by Crippen LogP contribution is -2.52. The van der Waals surface area contributed by atoms with Crippen molar-refractivity contribution in [2.45, 2.75) is 25.1 Å². The molecule has 13 heavy (non-hydrogen) atoms. The van der Waals surface area contributed by atoms with E-state index in [0.717, 1.165) is 45.8 Å². The zero-order valence-electron chi connectivity index (χ0n) is 7.95. The summed E-state index contributed by atoms with van der Waals surface area (Å²) in [6.07, 6.45) is 2.20. The van der Waals surface area contributed by atoms with Gasteiger partial charge in [0, 0.05) is 32.3 Å². The van der Waals surface area contributed by atoms with Crippen LogP contribution >= 0.6 is 0 Å². The van der Waals surface area contributed by atoms with Crippen LogP contribution in [0.1, 0.15) is 12.8 Å². The first-order valence-corrected chi connectivity index (χ1v) is 5.05. The number of nitrogens with two attached hydrogens (primary N) is 1. The van der Waals surface area contributed by atoms with E-state index in [1.807, 2.05) is 0 Å². The molecule has 1 atom stereocenters. The van der Waals surface area contributed by atoms with Gasteiger partial charge in [-0.1, -0.05) is 0 Å². The van der Waals surface area contributed by atoms with E-state index in [9.17, 15) is 0 Å². The second-order valence-electron chi connectivity index (χ2n) is 3.75. The number of ether oxygens (including phenoxy) is 2. The molecule has 4 heteroatoms. The van der Waals surface area contributed by atoms with Crippen LogP contribution in [0.25, 0.3) is 0 Å². The van der Waals surface area contributed by atoms with E-state index in [-0.39, 0.29) is 6.23 Å². The van der Waals surface area contributed by atoms with Gasteiger partial charge < -0.3 is 15.2 Å². The van der Waals surface area contributed by atoms with Crippen molar-refractivity contribution in [3.63, 3.8) is 0 Å². The Morgan fingerprint density at radius 1 is 1.15 bits per heavy atom. The Labute approximate surface area is 79.0 Å². The molecule has 76 valence electrons. The molecular weight excluding hydrogens is 168 g/mol. The highest BCUT2D eigenvalue weighted by Crippen LogP contribution is 2.16. The first-order valence-electron chi connectivity index (χ1n) is 5.05. The Balaban J connectivity index is 1.83. The van der Waals surface area contributed by atoms with Gasteiger partial charge in [-0.05, 0) is 12.8 Å². The lowest BCUT2D eigenvalue weighted by atomic mass is 10.1. The molecular formula is C9H18N2O2. The quantitative estimate of drug-likeness (QED) is 0.615. The number of hydrogen-bond acceptors (Lipinski definition) is 4. The summed E-state index contributed by atoms with van der Waals surface area (Å²) in [5.41, 5.74) is 5.74. The van der Waals surface area contributed by atoms with Crippen LogP contribution in [0.4, 0.5) is 0 Å². The molecule has 0 saturated carbocycles. The van der Waals surface area contributed by atoms with Gasteiger partial charge in [0.05, 0.1) is 6.61 Å². The predicted octanol–water partition coefficient (Wildman–Crippen LogP) is -0.218. The second kappa shape index (κ2) is 4.37. The maximum atomic E-state index is 5.74. The summed E-state index contributed by atoms with van der Waals surface area (Å²) in [6, 6.07) is 0.670. The molecule has 2 rings (SSSR count). The molecule has 0 aliphatic carbocycles. The zero-order valence-corrected chi connectivity index (χ0v) is 7.95. The van der Waals surface area contributed by atoms with Crippen molar-refractivity contribution in [3.05, 3.63) is 0 Å². The highest BCUT2D eigenvalue weighted by Gasteiger charge is 2.25. The largest absolute Gasteiger partial charge is 0.381 e. The van der Waals surface area contributed by atoms with Crippen LogP contribution in [0.2, 0.25) is 0 Å². The monoisotopic (exact) mass is 186 g/mol. The molecule has 0 aromatic heterocycles. The lowest BCUT2D eigenvalue weighted by Gasteiger charge is -2.38. The zero-order chi connectivity index (χ0) is 9.10. The van der Waals surface area contributed by atoms with Gasteiger partial charge in [-0.25, -0.2) is 0 Å². The molecule has 1 unspecified atom stereocenters.